The van der Waals surface area contributed by atoms with Crippen molar-refractivity contribution in [2.45, 2.75) is 0 Å². The fourth-order valence-electron chi connectivity index (χ4n) is 0.0906. The smallest absolute Gasteiger partial charge is 0.249 e. The summed E-state index contributed by atoms with van der Waals surface area (Å²) >= 11 is 0.663. The van der Waals surface area contributed by atoms with Crippen molar-refractivity contribution in [2.24, 2.45) is 10.1 Å². The number of carbonyl (C=O) groups excluding carboxylic acids is 1. The van der Waals surface area contributed by atoms with Crippen LogP contribution in [0.3, 0.4) is 0 Å². The molecule has 0 rings (SSSR count). The van der Waals surface area contributed by atoms with E-state index in [1.54, 1.807) is 0 Å². The molecule has 0 aliphatic carbocycles. The highest BCUT2D eigenvalue weighted by atomic mass is 32.2. The second kappa shape index (κ2) is 4.17. The first-order valence-electron chi connectivity index (χ1n) is 1.60. The monoisotopic (exact) mass is 132 g/mol. The molecule has 0 aliphatic heterocycles. The van der Waals surface area contributed by atoms with Crippen LogP contribution in [0.5, 0.6) is 0 Å². The largest absolute Gasteiger partial charge is 0.369 e. The normalized spacial score (nSPS) is 7.00. The molecule has 0 radical (unpaired) electrons. The lowest BCUT2D eigenvalue weighted by atomic mass is 11.1. The van der Waals surface area contributed by atoms with Crippen LogP contribution in [-0.4, -0.2) is 12.0 Å². The molecule has 0 amide bonds. The van der Waals surface area contributed by atoms with Gasteiger partial charge in [0.1, 0.15) is 12.1 Å². The first kappa shape index (κ1) is 7.00. The molecule has 0 fully saturated rings. The topological polar surface area (TPSA) is 91.3 Å². The van der Waals surface area contributed by atoms with E-state index >= 15 is 0 Å². The minimum Gasteiger partial charge on any atom is -0.369 e. The highest BCUT2D eigenvalue weighted by Gasteiger charge is 1.80. The molecule has 0 bridgehead atoms. The maximum absolute atomic E-state index is 9.32. The molecule has 0 heterocycles. The zero-order valence-electron chi connectivity index (χ0n) is 3.84. The Bertz CT molecular complexity index is 126. The van der Waals surface area contributed by atoms with Gasteiger partial charge in [-0.25, -0.2) is 4.79 Å². The average molecular weight is 132 g/mol. The molecule has 0 saturated heterocycles. The number of nitrogens with one attached hydrogen (secondary N) is 2. The predicted octanol–water partition coefficient (Wildman–Crippen LogP) is -0.632. The molecule has 0 spiro atoms. The number of isocyanates is 1. The molecule has 6 heteroatoms. The number of hydrogen-bond donors (Lipinski definition) is 3. The summed E-state index contributed by atoms with van der Waals surface area (Å²) in [5.74, 6) is -0.242. The van der Waals surface area contributed by atoms with E-state index in [4.69, 9.17) is 11.1 Å². The van der Waals surface area contributed by atoms with E-state index in [2.05, 4.69) is 9.12 Å². The predicted molar refractivity (Wildman–Crippen MR) is 30.8 cm³/mol. The van der Waals surface area contributed by atoms with E-state index in [1.807, 2.05) is 0 Å². The van der Waals surface area contributed by atoms with Crippen LogP contribution >= 0.6 is 12.1 Å². The van der Waals surface area contributed by atoms with Gasteiger partial charge in [0.2, 0.25) is 6.08 Å². The quantitative estimate of drug-likeness (QED) is 0.202. The van der Waals surface area contributed by atoms with Crippen LogP contribution in [0.15, 0.2) is 4.40 Å². The van der Waals surface area contributed by atoms with Crippen LogP contribution in [0.1, 0.15) is 0 Å². The Kier molecular flexibility index (Phi) is 3.65. The van der Waals surface area contributed by atoms with E-state index in [0.29, 0.717) is 12.1 Å². The van der Waals surface area contributed by atoms with Gasteiger partial charge in [0.15, 0.2) is 5.96 Å². The highest BCUT2D eigenvalue weighted by molar-refractivity contribution is 7.96. The SMILES string of the molecule is N=C(N)NSN=C=O. The third kappa shape index (κ3) is 5.00. The molecular weight excluding hydrogens is 128 g/mol. The van der Waals surface area contributed by atoms with E-state index < -0.39 is 0 Å². The van der Waals surface area contributed by atoms with Gasteiger partial charge < -0.3 is 5.73 Å². The lowest BCUT2D eigenvalue weighted by Gasteiger charge is -1.90. The molecular formula is C2H4N4OS. The van der Waals surface area contributed by atoms with Crippen molar-refractivity contribution < 1.29 is 4.79 Å². The summed E-state index contributed by atoms with van der Waals surface area (Å²) < 4.78 is 5.19. The molecule has 0 atom stereocenters. The molecule has 0 aromatic carbocycles. The molecule has 4 N–H and O–H groups in total. The first-order valence-corrected chi connectivity index (χ1v) is 2.38. The van der Waals surface area contributed by atoms with Gasteiger partial charge in [-0.15, -0.1) is 4.40 Å². The number of nitrogens with two attached hydrogens (primary N) is 1. The summed E-state index contributed by atoms with van der Waals surface area (Å²) in [6.45, 7) is 0. The Morgan fingerprint density at radius 3 is 3.00 bits per heavy atom. The van der Waals surface area contributed by atoms with Gasteiger partial charge in [-0.2, -0.15) is 0 Å². The van der Waals surface area contributed by atoms with E-state index in [9.17, 15) is 4.79 Å². The molecule has 0 aliphatic rings. The Morgan fingerprint density at radius 1 is 2.00 bits per heavy atom. The van der Waals surface area contributed by atoms with Gasteiger partial charge in [0.05, 0.1) is 0 Å². The minimum absolute atomic E-state index is 0.242. The third-order valence-corrected chi connectivity index (χ3v) is 0.716. The summed E-state index contributed by atoms with van der Waals surface area (Å²) in [4.78, 5) is 9.32. The molecule has 0 unspecified atom stereocenters. The number of nitrogens with zero attached hydrogens (tertiary/aromatic N) is 1. The molecule has 0 aromatic heterocycles. The summed E-state index contributed by atoms with van der Waals surface area (Å²) in [5.41, 5.74) is 4.79. The first-order chi connectivity index (χ1) is 3.77. The summed E-state index contributed by atoms with van der Waals surface area (Å²) in [6, 6.07) is 0. The molecule has 5 nitrogen and oxygen atoms in total. The zero-order chi connectivity index (χ0) is 6.41. The third-order valence-electron chi connectivity index (χ3n) is 0.239. The fraction of sp³-hybridized carbons (Fsp3) is 0. The molecule has 44 valence electrons. The van der Waals surface area contributed by atoms with Crippen LogP contribution in [0.25, 0.3) is 0 Å². The highest BCUT2D eigenvalue weighted by Crippen LogP contribution is 1.87. The summed E-state index contributed by atoms with van der Waals surface area (Å²) in [5, 5.41) is 6.53. The van der Waals surface area contributed by atoms with Crippen LogP contribution in [-0.2, 0) is 4.79 Å². The van der Waals surface area contributed by atoms with E-state index in [0.717, 1.165) is 0 Å². The van der Waals surface area contributed by atoms with E-state index in [1.165, 1.54) is 6.08 Å². The van der Waals surface area contributed by atoms with Crippen molar-refractivity contribution in [1.82, 2.24) is 4.72 Å². The van der Waals surface area contributed by atoms with Crippen molar-refractivity contribution in [1.29, 1.82) is 5.41 Å². The maximum atomic E-state index is 9.32. The lowest BCUT2D eigenvalue weighted by molar-refractivity contribution is 0.566. The van der Waals surface area contributed by atoms with Crippen LogP contribution in [0.4, 0.5) is 0 Å². The van der Waals surface area contributed by atoms with Crippen molar-refractivity contribution in [3.63, 3.8) is 0 Å². The number of rotatable bonds is 2. The van der Waals surface area contributed by atoms with E-state index in [-0.39, 0.29) is 5.96 Å². The maximum Gasteiger partial charge on any atom is 0.249 e. The summed E-state index contributed by atoms with van der Waals surface area (Å²) in [7, 11) is 0. The fourth-order valence-corrected chi connectivity index (χ4v) is 0.272. The Hall–Kier alpha value is -1.00. The van der Waals surface area contributed by atoms with Gasteiger partial charge in [-0.05, 0) is 0 Å². The van der Waals surface area contributed by atoms with Gasteiger partial charge in [0.25, 0.3) is 0 Å². The van der Waals surface area contributed by atoms with Crippen LogP contribution in [0, 0.1) is 5.41 Å². The number of guanidine groups is 1. The van der Waals surface area contributed by atoms with Crippen molar-refractivity contribution in [2.75, 3.05) is 0 Å². The standard InChI is InChI=1S/C2H4N4OS/c3-2(4)6-8-5-1-7/h(H4,3,4,6). The zero-order valence-corrected chi connectivity index (χ0v) is 4.66. The van der Waals surface area contributed by atoms with Crippen molar-refractivity contribution in [3.05, 3.63) is 0 Å². The van der Waals surface area contributed by atoms with Gasteiger partial charge in [0, 0.05) is 0 Å². The van der Waals surface area contributed by atoms with Gasteiger partial charge >= 0.3 is 0 Å². The molecule has 8 heavy (non-hydrogen) atoms. The lowest BCUT2D eigenvalue weighted by Crippen LogP contribution is -2.23. The minimum atomic E-state index is -0.242. The summed E-state index contributed by atoms with van der Waals surface area (Å²) in [6.07, 6.45) is 1.25. The van der Waals surface area contributed by atoms with Crippen LogP contribution in [0.2, 0.25) is 0 Å². The van der Waals surface area contributed by atoms with Crippen LogP contribution < -0.4 is 10.5 Å². The molecule has 0 saturated carbocycles. The van der Waals surface area contributed by atoms with Gasteiger partial charge in [-0.3, -0.25) is 10.1 Å². The Balaban J connectivity index is 3.18. The second-order valence-electron chi connectivity index (χ2n) is 0.790. The van der Waals surface area contributed by atoms with Gasteiger partial charge in [-0.1, -0.05) is 0 Å². The Labute approximate surface area is 50.1 Å². The molecule has 0 aromatic rings. The average Bonchev–Trinajstić information content (AvgIpc) is 1.66. The van der Waals surface area contributed by atoms with Crippen molar-refractivity contribution in [3.8, 4) is 0 Å². The Morgan fingerprint density at radius 2 is 2.62 bits per heavy atom. The van der Waals surface area contributed by atoms with Crippen molar-refractivity contribution >= 4 is 24.2 Å². The second-order valence-corrected chi connectivity index (χ2v) is 1.36. The number of hydrogen-bond acceptors (Lipinski definition) is 4.